The molecule has 1 rings (SSSR count). The Hall–Kier alpha value is -1.72. The van der Waals surface area contributed by atoms with E-state index >= 15 is 0 Å². The van der Waals surface area contributed by atoms with E-state index in [-0.39, 0.29) is 0 Å². The molecule has 0 bridgehead atoms. The first-order valence-corrected chi connectivity index (χ1v) is 6.95. The molecule has 1 aromatic carbocycles. The molecule has 5 heteroatoms. The van der Waals surface area contributed by atoms with Crippen molar-refractivity contribution >= 4 is 0 Å². The Labute approximate surface area is 126 Å². The van der Waals surface area contributed by atoms with Crippen molar-refractivity contribution < 1.29 is 18.9 Å². The van der Waals surface area contributed by atoms with Crippen molar-refractivity contribution in [2.24, 2.45) is 0 Å². The normalized spacial score (nSPS) is 10.2. The van der Waals surface area contributed by atoms with E-state index in [1.165, 1.54) is 0 Å². The summed E-state index contributed by atoms with van der Waals surface area (Å²) in [5.41, 5.74) is 1.07. The number of nitrogens with one attached hydrogen (secondary N) is 1. The van der Waals surface area contributed by atoms with Crippen LogP contribution in [0.5, 0.6) is 17.2 Å². The van der Waals surface area contributed by atoms with Gasteiger partial charge >= 0.3 is 0 Å². The van der Waals surface area contributed by atoms with Crippen LogP contribution in [0.3, 0.4) is 0 Å². The molecule has 0 saturated carbocycles. The molecule has 0 unspecified atom stereocenters. The van der Waals surface area contributed by atoms with Gasteiger partial charge in [0.2, 0.25) is 5.75 Å². The summed E-state index contributed by atoms with van der Waals surface area (Å²) in [5.74, 6) is 1.93. The summed E-state index contributed by atoms with van der Waals surface area (Å²) < 4.78 is 21.4. The minimum Gasteiger partial charge on any atom is -0.493 e. The summed E-state index contributed by atoms with van der Waals surface area (Å²) in [6, 6.07) is 3.87. The Morgan fingerprint density at radius 2 is 1.71 bits per heavy atom. The second-order valence-electron chi connectivity index (χ2n) is 4.40. The maximum absolute atomic E-state index is 5.44. The van der Waals surface area contributed by atoms with E-state index in [0.717, 1.165) is 25.1 Å². The van der Waals surface area contributed by atoms with Gasteiger partial charge < -0.3 is 24.3 Å². The van der Waals surface area contributed by atoms with Crippen molar-refractivity contribution in [3.8, 4) is 17.2 Å². The molecule has 0 radical (unpaired) electrons. The summed E-state index contributed by atoms with van der Waals surface area (Å²) in [6.45, 7) is 6.54. The maximum atomic E-state index is 5.44. The van der Waals surface area contributed by atoms with E-state index in [0.29, 0.717) is 30.4 Å². The van der Waals surface area contributed by atoms with Gasteiger partial charge in [0.05, 0.1) is 34.5 Å². The summed E-state index contributed by atoms with van der Waals surface area (Å²) in [4.78, 5) is 0. The number of benzene rings is 1. The van der Waals surface area contributed by atoms with Crippen molar-refractivity contribution in [2.75, 3.05) is 41.1 Å². The molecule has 5 nitrogen and oxygen atoms in total. The lowest BCUT2D eigenvalue weighted by molar-refractivity contribution is 0.140. The Balaban J connectivity index is 2.49. The Bertz CT molecular complexity index is 409. The number of hydrogen-bond donors (Lipinski definition) is 1. The Kier molecular flexibility index (Phi) is 8.31. The third-order valence-electron chi connectivity index (χ3n) is 2.94. The van der Waals surface area contributed by atoms with Crippen molar-refractivity contribution in [1.82, 2.24) is 5.32 Å². The van der Waals surface area contributed by atoms with Gasteiger partial charge in [0, 0.05) is 13.1 Å². The van der Waals surface area contributed by atoms with Gasteiger partial charge in [-0.2, -0.15) is 0 Å². The SMILES string of the molecule is C=CCCOCCNCc1cc(OC)c(OC)c(OC)c1. The van der Waals surface area contributed by atoms with Crippen LogP contribution in [0.15, 0.2) is 24.8 Å². The summed E-state index contributed by atoms with van der Waals surface area (Å²) in [7, 11) is 4.82. The zero-order chi connectivity index (χ0) is 15.5. The van der Waals surface area contributed by atoms with Gasteiger partial charge in [0.25, 0.3) is 0 Å². The average Bonchev–Trinajstić information content (AvgIpc) is 2.52. The van der Waals surface area contributed by atoms with E-state index < -0.39 is 0 Å². The predicted molar refractivity (Wildman–Crippen MR) is 83.4 cm³/mol. The van der Waals surface area contributed by atoms with Crippen molar-refractivity contribution in [2.45, 2.75) is 13.0 Å². The fourth-order valence-corrected chi connectivity index (χ4v) is 1.88. The van der Waals surface area contributed by atoms with Gasteiger partial charge in [0.15, 0.2) is 11.5 Å². The maximum Gasteiger partial charge on any atom is 0.203 e. The highest BCUT2D eigenvalue weighted by Gasteiger charge is 2.12. The van der Waals surface area contributed by atoms with Crippen LogP contribution in [-0.2, 0) is 11.3 Å². The number of rotatable bonds is 11. The zero-order valence-electron chi connectivity index (χ0n) is 13.1. The van der Waals surface area contributed by atoms with Crippen LogP contribution in [0.25, 0.3) is 0 Å². The molecule has 0 saturated heterocycles. The van der Waals surface area contributed by atoms with Gasteiger partial charge in [0.1, 0.15) is 0 Å². The molecule has 0 atom stereocenters. The average molecular weight is 295 g/mol. The van der Waals surface area contributed by atoms with Crippen LogP contribution in [0.1, 0.15) is 12.0 Å². The van der Waals surface area contributed by atoms with Gasteiger partial charge in [-0.25, -0.2) is 0 Å². The molecule has 0 aliphatic rings. The summed E-state index contributed by atoms with van der Waals surface area (Å²) in [6.07, 6.45) is 2.73. The third kappa shape index (κ3) is 5.65. The lowest BCUT2D eigenvalue weighted by Crippen LogP contribution is -2.19. The lowest BCUT2D eigenvalue weighted by Gasteiger charge is -2.14. The predicted octanol–water partition coefficient (Wildman–Crippen LogP) is 2.39. The second kappa shape index (κ2) is 10.1. The molecule has 21 heavy (non-hydrogen) atoms. The van der Waals surface area contributed by atoms with Crippen LogP contribution >= 0.6 is 0 Å². The highest BCUT2D eigenvalue weighted by Crippen LogP contribution is 2.38. The second-order valence-corrected chi connectivity index (χ2v) is 4.40. The highest BCUT2D eigenvalue weighted by molar-refractivity contribution is 5.53. The van der Waals surface area contributed by atoms with Crippen molar-refractivity contribution in [1.29, 1.82) is 0 Å². The Morgan fingerprint density at radius 1 is 1.05 bits per heavy atom. The quantitative estimate of drug-likeness (QED) is 0.502. The lowest BCUT2D eigenvalue weighted by atomic mass is 10.2. The molecule has 118 valence electrons. The first-order valence-electron chi connectivity index (χ1n) is 6.95. The van der Waals surface area contributed by atoms with Gasteiger partial charge in [-0.3, -0.25) is 0 Å². The monoisotopic (exact) mass is 295 g/mol. The molecule has 0 amide bonds. The fraction of sp³-hybridized carbons (Fsp3) is 0.500. The summed E-state index contributed by atoms with van der Waals surface area (Å²) in [5, 5.41) is 3.32. The van der Waals surface area contributed by atoms with Gasteiger partial charge in [-0.05, 0) is 24.1 Å². The molecule has 0 aliphatic carbocycles. The number of methoxy groups -OCH3 is 3. The van der Waals surface area contributed by atoms with Gasteiger partial charge in [-0.1, -0.05) is 6.08 Å². The number of ether oxygens (including phenoxy) is 4. The van der Waals surface area contributed by atoms with Crippen LogP contribution in [0.2, 0.25) is 0 Å². The van der Waals surface area contributed by atoms with Crippen LogP contribution in [0.4, 0.5) is 0 Å². The molecular formula is C16H25NO4. The molecule has 0 fully saturated rings. The van der Waals surface area contributed by atoms with Gasteiger partial charge in [-0.15, -0.1) is 6.58 Å². The van der Waals surface area contributed by atoms with E-state index in [2.05, 4.69) is 11.9 Å². The van der Waals surface area contributed by atoms with Crippen LogP contribution in [-0.4, -0.2) is 41.1 Å². The van der Waals surface area contributed by atoms with Crippen molar-refractivity contribution in [3.05, 3.63) is 30.4 Å². The van der Waals surface area contributed by atoms with Crippen LogP contribution < -0.4 is 19.5 Å². The highest BCUT2D eigenvalue weighted by atomic mass is 16.5. The zero-order valence-corrected chi connectivity index (χ0v) is 13.1. The largest absolute Gasteiger partial charge is 0.493 e. The molecule has 0 aromatic heterocycles. The first-order chi connectivity index (χ1) is 10.3. The molecule has 0 heterocycles. The summed E-state index contributed by atoms with van der Waals surface area (Å²) >= 11 is 0. The Morgan fingerprint density at radius 3 is 2.24 bits per heavy atom. The minimum atomic E-state index is 0.608. The number of hydrogen-bond acceptors (Lipinski definition) is 5. The molecule has 1 aromatic rings. The fourth-order valence-electron chi connectivity index (χ4n) is 1.88. The molecule has 1 N–H and O–H groups in total. The topological polar surface area (TPSA) is 49.0 Å². The molecule has 0 spiro atoms. The molecular weight excluding hydrogens is 270 g/mol. The standard InChI is InChI=1S/C16H25NO4/c1-5-6-8-21-9-7-17-12-13-10-14(18-2)16(20-4)15(11-13)19-3/h5,10-11,17H,1,6-9,12H2,2-4H3. The third-order valence-corrected chi connectivity index (χ3v) is 2.94. The molecule has 0 aliphatic heterocycles. The van der Waals surface area contributed by atoms with Crippen molar-refractivity contribution in [3.63, 3.8) is 0 Å². The van der Waals surface area contributed by atoms with Crippen LogP contribution in [0, 0.1) is 0 Å². The smallest absolute Gasteiger partial charge is 0.203 e. The first kappa shape index (κ1) is 17.3. The minimum absolute atomic E-state index is 0.608. The van der Waals surface area contributed by atoms with E-state index in [1.54, 1.807) is 21.3 Å². The van der Waals surface area contributed by atoms with E-state index in [9.17, 15) is 0 Å². The van der Waals surface area contributed by atoms with E-state index in [4.69, 9.17) is 18.9 Å². The van der Waals surface area contributed by atoms with E-state index in [1.807, 2.05) is 18.2 Å².